The lowest BCUT2D eigenvalue weighted by Crippen LogP contribution is -2.65. The van der Waals surface area contributed by atoms with Gasteiger partial charge in [0.15, 0.2) is 0 Å². The molecule has 2 unspecified atom stereocenters. The summed E-state index contributed by atoms with van der Waals surface area (Å²) in [5.74, 6) is 0.133. The molecule has 4 heteroatoms. The molecule has 2 rings (SSSR count). The van der Waals surface area contributed by atoms with E-state index in [4.69, 9.17) is 0 Å². The highest BCUT2D eigenvalue weighted by molar-refractivity contribution is 5.74. The first-order valence-electron chi connectivity index (χ1n) is 5.10. The summed E-state index contributed by atoms with van der Waals surface area (Å²) in [6.45, 7) is 1.87. The summed E-state index contributed by atoms with van der Waals surface area (Å²) in [5.41, 5.74) is 0. The van der Waals surface area contributed by atoms with Gasteiger partial charge in [-0.25, -0.2) is 4.79 Å². The summed E-state index contributed by atoms with van der Waals surface area (Å²) < 4.78 is 1.56. The van der Waals surface area contributed by atoms with E-state index in [1.54, 1.807) is 34.8 Å². The lowest BCUT2D eigenvalue weighted by atomic mass is 10.0. The van der Waals surface area contributed by atoms with Gasteiger partial charge in [0.25, 0.3) is 5.82 Å². The number of carbonyl (C=O) groups excluding carboxylic acids is 1. The Kier molecular flexibility index (Phi) is 2.44. The molecule has 0 fully saturated rings. The Balaban J connectivity index is 2.52. The van der Waals surface area contributed by atoms with Crippen LogP contribution in [0.2, 0.25) is 0 Å². The predicted octanol–water partition coefficient (Wildman–Crippen LogP) is -0.223. The van der Waals surface area contributed by atoms with Crippen molar-refractivity contribution in [3.63, 3.8) is 0 Å². The number of pyridine rings is 1. The number of fused-ring (bicyclic) bond motifs is 1. The number of carbonyl (C=O) groups is 1. The molecule has 0 bridgehead atoms. The van der Waals surface area contributed by atoms with Crippen LogP contribution in [0.25, 0.3) is 0 Å². The van der Waals surface area contributed by atoms with Gasteiger partial charge in [-0.1, -0.05) is 13.0 Å². The minimum absolute atomic E-state index is 0.0915. The summed E-state index contributed by atoms with van der Waals surface area (Å²) in [6, 6.07) is 5.41. The Bertz CT molecular complexity index is 392. The Morgan fingerprint density at radius 3 is 2.93 bits per heavy atom. The van der Waals surface area contributed by atoms with E-state index < -0.39 is 12.1 Å². The summed E-state index contributed by atoms with van der Waals surface area (Å²) >= 11 is 0. The average molecular weight is 206 g/mol. The van der Waals surface area contributed by atoms with Crippen molar-refractivity contribution < 1.29 is 14.5 Å². The lowest BCUT2D eigenvalue weighted by Gasteiger charge is -2.37. The molecule has 0 aromatic carbocycles. The largest absolute Gasteiger partial charge is 0.817 e. The third-order valence-electron chi connectivity index (χ3n) is 2.92. The van der Waals surface area contributed by atoms with Crippen molar-refractivity contribution in [1.82, 2.24) is 0 Å². The molecule has 1 aliphatic heterocycles. The molecule has 0 N–H and O–H groups in total. The number of hydrogen-bond acceptors (Lipinski definition) is 3. The summed E-state index contributed by atoms with van der Waals surface area (Å²) in [7, 11) is 1.73. The normalized spacial score (nSPS) is 25.3. The van der Waals surface area contributed by atoms with Gasteiger partial charge in [0, 0.05) is 12.3 Å². The van der Waals surface area contributed by atoms with Crippen LogP contribution in [0.4, 0.5) is 5.82 Å². The number of hydrogen-bond donors (Lipinski definition) is 0. The van der Waals surface area contributed by atoms with Crippen molar-refractivity contribution in [3.05, 3.63) is 24.4 Å². The van der Waals surface area contributed by atoms with Crippen LogP contribution in [0, 0.1) is 5.92 Å². The van der Waals surface area contributed by atoms with Crippen molar-refractivity contribution in [1.29, 1.82) is 0 Å². The quantitative estimate of drug-likeness (QED) is 0.597. The lowest BCUT2D eigenvalue weighted by molar-refractivity contribution is -0.581. The molecule has 0 amide bonds. The first-order chi connectivity index (χ1) is 7.16. The Morgan fingerprint density at radius 2 is 2.27 bits per heavy atom. The maximum atomic E-state index is 11.9. The van der Waals surface area contributed by atoms with E-state index in [9.17, 15) is 9.90 Å². The molecule has 1 aromatic heterocycles. The SMILES string of the molecule is CCC1C(=O)[n+]2ccccc2N(C)C1[O-]. The Labute approximate surface area is 88.8 Å². The van der Waals surface area contributed by atoms with Gasteiger partial charge in [0.1, 0.15) is 0 Å². The van der Waals surface area contributed by atoms with Crippen LogP contribution >= 0.6 is 0 Å². The van der Waals surface area contributed by atoms with Crippen molar-refractivity contribution >= 4 is 11.7 Å². The van der Waals surface area contributed by atoms with Gasteiger partial charge in [-0.2, -0.15) is 4.57 Å². The van der Waals surface area contributed by atoms with Crippen molar-refractivity contribution in [2.24, 2.45) is 5.92 Å². The molecule has 1 aromatic rings. The molecule has 2 atom stereocenters. The monoisotopic (exact) mass is 206 g/mol. The molecular weight excluding hydrogens is 192 g/mol. The predicted molar refractivity (Wildman–Crippen MR) is 53.2 cm³/mol. The first-order valence-corrected chi connectivity index (χ1v) is 5.10. The average Bonchev–Trinajstić information content (AvgIpc) is 2.27. The zero-order valence-corrected chi connectivity index (χ0v) is 8.88. The van der Waals surface area contributed by atoms with Crippen LogP contribution < -0.4 is 14.6 Å². The number of nitrogens with zero attached hydrogens (tertiary/aromatic N) is 2. The Hall–Kier alpha value is -1.42. The second kappa shape index (κ2) is 3.62. The molecule has 0 saturated heterocycles. The molecule has 0 saturated carbocycles. The van der Waals surface area contributed by atoms with Gasteiger partial charge >= 0.3 is 5.91 Å². The van der Waals surface area contributed by atoms with Crippen LogP contribution in [0.5, 0.6) is 0 Å². The van der Waals surface area contributed by atoms with E-state index in [1.165, 1.54) is 0 Å². The number of aromatic nitrogens is 1. The fraction of sp³-hybridized carbons (Fsp3) is 0.455. The van der Waals surface area contributed by atoms with Crippen LogP contribution in [0.3, 0.4) is 0 Å². The van der Waals surface area contributed by atoms with E-state index >= 15 is 0 Å². The highest BCUT2D eigenvalue weighted by Gasteiger charge is 2.37. The fourth-order valence-corrected chi connectivity index (χ4v) is 1.99. The molecule has 0 radical (unpaired) electrons. The molecule has 4 nitrogen and oxygen atoms in total. The fourth-order valence-electron chi connectivity index (χ4n) is 1.99. The maximum Gasteiger partial charge on any atom is 0.320 e. The first kappa shape index (κ1) is 10.1. The topological polar surface area (TPSA) is 47.2 Å². The molecule has 2 heterocycles. The van der Waals surface area contributed by atoms with E-state index in [0.29, 0.717) is 12.2 Å². The van der Waals surface area contributed by atoms with E-state index in [0.717, 1.165) is 0 Å². The molecular formula is C11H14N2O2. The minimum Gasteiger partial charge on any atom is -0.817 e. The highest BCUT2D eigenvalue weighted by atomic mass is 16.3. The molecule has 0 aliphatic carbocycles. The van der Waals surface area contributed by atoms with Gasteiger partial charge < -0.3 is 5.11 Å². The van der Waals surface area contributed by atoms with E-state index in [2.05, 4.69) is 0 Å². The van der Waals surface area contributed by atoms with Crippen LogP contribution in [0.15, 0.2) is 24.4 Å². The summed E-state index contributed by atoms with van der Waals surface area (Å²) in [6.07, 6.45) is 1.33. The van der Waals surface area contributed by atoms with Gasteiger partial charge in [-0.15, -0.1) is 0 Å². The van der Waals surface area contributed by atoms with Crippen LogP contribution in [0.1, 0.15) is 18.1 Å². The van der Waals surface area contributed by atoms with Crippen molar-refractivity contribution in [2.75, 3.05) is 11.9 Å². The summed E-state index contributed by atoms with van der Waals surface area (Å²) in [4.78, 5) is 13.6. The maximum absolute atomic E-state index is 11.9. The van der Waals surface area contributed by atoms with E-state index in [1.807, 2.05) is 13.0 Å². The highest BCUT2D eigenvalue weighted by Crippen LogP contribution is 2.20. The van der Waals surface area contributed by atoms with Gasteiger partial charge in [0.2, 0.25) is 0 Å². The Morgan fingerprint density at radius 1 is 1.53 bits per heavy atom. The third kappa shape index (κ3) is 1.41. The third-order valence-corrected chi connectivity index (χ3v) is 2.92. The van der Waals surface area contributed by atoms with Gasteiger partial charge in [-0.05, 0) is 12.5 Å². The molecule has 1 aliphatic rings. The molecule has 15 heavy (non-hydrogen) atoms. The van der Waals surface area contributed by atoms with Crippen LogP contribution in [-0.4, -0.2) is 19.2 Å². The van der Waals surface area contributed by atoms with Crippen molar-refractivity contribution in [3.8, 4) is 0 Å². The summed E-state index contributed by atoms with van der Waals surface area (Å²) in [5, 5.41) is 11.9. The molecule has 80 valence electrons. The second-order valence-electron chi connectivity index (χ2n) is 3.78. The number of anilines is 1. The van der Waals surface area contributed by atoms with E-state index in [-0.39, 0.29) is 5.91 Å². The van der Waals surface area contributed by atoms with Gasteiger partial charge in [-0.3, -0.25) is 4.90 Å². The number of rotatable bonds is 1. The molecule has 0 spiro atoms. The van der Waals surface area contributed by atoms with Crippen LogP contribution in [-0.2, 0) is 0 Å². The van der Waals surface area contributed by atoms with Gasteiger partial charge in [0.05, 0.1) is 19.2 Å². The second-order valence-corrected chi connectivity index (χ2v) is 3.78. The zero-order chi connectivity index (χ0) is 11.0. The van der Waals surface area contributed by atoms with Crippen molar-refractivity contribution in [2.45, 2.75) is 19.6 Å². The standard InChI is InChI=1S/C11H14N2O2/c1-3-8-10(14)12(2)9-6-4-5-7-13(9)11(8)15/h4-8,10H,3H2,1-2H3. The smallest absolute Gasteiger partial charge is 0.320 e. The zero-order valence-electron chi connectivity index (χ0n) is 8.88. The minimum atomic E-state index is -0.968.